The molecule has 2 fully saturated rings. The Morgan fingerprint density at radius 3 is 2.60 bits per heavy atom. The SMILES string of the molecule is CC(C)(C)OC(=O)N1CCC(NC2CCCCC2O)C1. The van der Waals surface area contributed by atoms with E-state index in [0.29, 0.717) is 6.54 Å². The molecule has 0 aromatic carbocycles. The monoisotopic (exact) mass is 284 g/mol. The largest absolute Gasteiger partial charge is 0.444 e. The average Bonchev–Trinajstić information content (AvgIpc) is 2.79. The first-order chi connectivity index (χ1) is 9.35. The second-order valence-electron chi connectivity index (χ2n) is 7.04. The lowest BCUT2D eigenvalue weighted by Gasteiger charge is -2.31. The summed E-state index contributed by atoms with van der Waals surface area (Å²) in [5, 5.41) is 13.5. The van der Waals surface area contributed by atoms with Crippen molar-refractivity contribution >= 4 is 6.09 Å². The number of amides is 1. The van der Waals surface area contributed by atoms with E-state index in [0.717, 1.165) is 32.2 Å². The Labute approximate surface area is 121 Å². The molecule has 1 heterocycles. The minimum absolute atomic E-state index is 0.187. The van der Waals surface area contributed by atoms with Gasteiger partial charge in [-0.2, -0.15) is 0 Å². The van der Waals surface area contributed by atoms with Gasteiger partial charge in [0.2, 0.25) is 0 Å². The third kappa shape index (κ3) is 4.35. The summed E-state index contributed by atoms with van der Waals surface area (Å²) in [5.41, 5.74) is -0.442. The number of carbonyl (C=O) groups is 1. The van der Waals surface area contributed by atoms with E-state index in [1.165, 1.54) is 6.42 Å². The normalized spacial score (nSPS) is 31.4. The molecular weight excluding hydrogens is 256 g/mol. The standard InChI is InChI=1S/C15H28N2O3/c1-15(2,3)20-14(19)17-9-8-11(10-17)16-12-6-4-5-7-13(12)18/h11-13,16,18H,4-10H2,1-3H3. The average molecular weight is 284 g/mol. The number of nitrogens with one attached hydrogen (secondary N) is 1. The Hall–Kier alpha value is -0.810. The van der Waals surface area contributed by atoms with Crippen molar-refractivity contribution in [3.63, 3.8) is 0 Å². The van der Waals surface area contributed by atoms with Crippen molar-refractivity contribution in [2.75, 3.05) is 13.1 Å². The molecule has 2 N–H and O–H groups in total. The summed E-state index contributed by atoms with van der Waals surface area (Å²) in [4.78, 5) is 13.8. The number of aliphatic hydroxyl groups is 1. The Morgan fingerprint density at radius 1 is 1.25 bits per heavy atom. The molecule has 1 saturated heterocycles. The maximum absolute atomic E-state index is 12.0. The Morgan fingerprint density at radius 2 is 1.95 bits per heavy atom. The summed E-state index contributed by atoms with van der Waals surface area (Å²) in [6.45, 7) is 7.06. The summed E-state index contributed by atoms with van der Waals surface area (Å²) in [6, 6.07) is 0.465. The molecule has 2 aliphatic rings. The van der Waals surface area contributed by atoms with E-state index < -0.39 is 5.60 Å². The molecule has 5 heteroatoms. The zero-order valence-corrected chi connectivity index (χ0v) is 12.9. The molecule has 2 rings (SSSR count). The zero-order valence-electron chi connectivity index (χ0n) is 12.9. The van der Waals surface area contributed by atoms with Crippen LogP contribution in [0.3, 0.4) is 0 Å². The maximum Gasteiger partial charge on any atom is 0.410 e. The molecule has 0 spiro atoms. The molecule has 0 aromatic heterocycles. The van der Waals surface area contributed by atoms with Crippen LogP contribution in [0.1, 0.15) is 52.9 Å². The zero-order chi connectivity index (χ0) is 14.8. The minimum Gasteiger partial charge on any atom is -0.444 e. The van der Waals surface area contributed by atoms with Gasteiger partial charge in [0.05, 0.1) is 6.10 Å². The Balaban J connectivity index is 1.78. The third-order valence-electron chi connectivity index (χ3n) is 4.02. The molecule has 0 aromatic rings. The molecule has 20 heavy (non-hydrogen) atoms. The van der Waals surface area contributed by atoms with Crippen LogP contribution in [-0.4, -0.2) is 53.0 Å². The van der Waals surface area contributed by atoms with Crippen LogP contribution in [0.15, 0.2) is 0 Å². The van der Waals surface area contributed by atoms with Gasteiger partial charge in [0.15, 0.2) is 0 Å². The number of rotatable bonds is 2. The van der Waals surface area contributed by atoms with E-state index in [-0.39, 0.29) is 24.3 Å². The molecule has 1 amide bonds. The number of hydrogen-bond acceptors (Lipinski definition) is 4. The van der Waals surface area contributed by atoms with Crippen LogP contribution in [0.2, 0.25) is 0 Å². The predicted molar refractivity (Wildman–Crippen MR) is 77.6 cm³/mol. The van der Waals surface area contributed by atoms with Crippen molar-refractivity contribution in [2.24, 2.45) is 0 Å². The molecule has 3 unspecified atom stereocenters. The van der Waals surface area contributed by atoms with Gasteiger partial charge in [-0.1, -0.05) is 12.8 Å². The summed E-state index contributed by atoms with van der Waals surface area (Å²) >= 11 is 0. The van der Waals surface area contributed by atoms with Gasteiger partial charge in [-0.15, -0.1) is 0 Å². The number of carbonyl (C=O) groups excluding carboxylic acids is 1. The van der Waals surface area contributed by atoms with Gasteiger partial charge in [-0.05, 0) is 40.0 Å². The number of ether oxygens (including phenoxy) is 1. The number of likely N-dealkylation sites (tertiary alicyclic amines) is 1. The second kappa shape index (κ2) is 6.31. The predicted octanol–water partition coefficient (Wildman–Crippen LogP) is 1.89. The first kappa shape index (κ1) is 15.6. The minimum atomic E-state index is -0.442. The molecule has 1 aliphatic heterocycles. The molecule has 1 aliphatic carbocycles. The van der Waals surface area contributed by atoms with Crippen LogP contribution in [0.5, 0.6) is 0 Å². The van der Waals surface area contributed by atoms with Crippen LogP contribution in [0, 0.1) is 0 Å². The molecule has 3 atom stereocenters. The van der Waals surface area contributed by atoms with E-state index in [9.17, 15) is 9.90 Å². The van der Waals surface area contributed by atoms with E-state index >= 15 is 0 Å². The number of aliphatic hydroxyl groups excluding tert-OH is 1. The lowest BCUT2D eigenvalue weighted by Crippen LogP contribution is -2.48. The highest BCUT2D eigenvalue weighted by Gasteiger charge is 2.32. The van der Waals surface area contributed by atoms with Crippen LogP contribution >= 0.6 is 0 Å². The van der Waals surface area contributed by atoms with Crippen molar-refractivity contribution in [1.82, 2.24) is 10.2 Å². The van der Waals surface area contributed by atoms with E-state index in [1.54, 1.807) is 4.90 Å². The smallest absolute Gasteiger partial charge is 0.410 e. The Kier molecular flexibility index (Phi) is 4.91. The van der Waals surface area contributed by atoms with Crippen LogP contribution in [0.4, 0.5) is 4.79 Å². The molecule has 116 valence electrons. The van der Waals surface area contributed by atoms with Gasteiger partial charge in [0.25, 0.3) is 0 Å². The molecule has 1 saturated carbocycles. The highest BCUT2D eigenvalue weighted by molar-refractivity contribution is 5.68. The lowest BCUT2D eigenvalue weighted by molar-refractivity contribution is 0.0287. The fourth-order valence-corrected chi connectivity index (χ4v) is 3.00. The lowest BCUT2D eigenvalue weighted by atomic mass is 9.92. The van der Waals surface area contributed by atoms with Crippen molar-refractivity contribution in [2.45, 2.75) is 76.7 Å². The summed E-state index contributed by atoms with van der Waals surface area (Å²) in [6.07, 6.45) is 4.68. The van der Waals surface area contributed by atoms with E-state index in [1.807, 2.05) is 20.8 Å². The van der Waals surface area contributed by atoms with E-state index in [2.05, 4.69) is 5.32 Å². The maximum atomic E-state index is 12.0. The fraction of sp³-hybridized carbons (Fsp3) is 0.933. The first-order valence-electron chi connectivity index (χ1n) is 7.77. The van der Waals surface area contributed by atoms with Crippen molar-refractivity contribution < 1.29 is 14.6 Å². The van der Waals surface area contributed by atoms with Gasteiger partial charge in [-0.3, -0.25) is 0 Å². The fourth-order valence-electron chi connectivity index (χ4n) is 3.00. The van der Waals surface area contributed by atoms with Crippen molar-refractivity contribution in [1.29, 1.82) is 0 Å². The number of hydrogen-bond donors (Lipinski definition) is 2. The topological polar surface area (TPSA) is 61.8 Å². The van der Waals surface area contributed by atoms with Gasteiger partial charge < -0.3 is 20.1 Å². The number of nitrogens with zero attached hydrogens (tertiary/aromatic N) is 1. The summed E-state index contributed by atoms with van der Waals surface area (Å²) in [7, 11) is 0. The molecule has 0 bridgehead atoms. The summed E-state index contributed by atoms with van der Waals surface area (Å²) in [5.74, 6) is 0. The quantitative estimate of drug-likeness (QED) is 0.813. The van der Waals surface area contributed by atoms with Gasteiger partial charge in [-0.25, -0.2) is 4.79 Å². The Bertz CT molecular complexity index is 341. The van der Waals surface area contributed by atoms with Crippen LogP contribution in [-0.2, 0) is 4.74 Å². The molecule has 0 radical (unpaired) electrons. The van der Waals surface area contributed by atoms with Gasteiger partial charge in [0.1, 0.15) is 5.60 Å². The first-order valence-corrected chi connectivity index (χ1v) is 7.77. The third-order valence-corrected chi connectivity index (χ3v) is 4.02. The summed E-state index contributed by atoms with van der Waals surface area (Å²) < 4.78 is 5.39. The highest BCUT2D eigenvalue weighted by Crippen LogP contribution is 2.21. The van der Waals surface area contributed by atoms with Gasteiger partial charge in [0, 0.05) is 25.2 Å². The second-order valence-corrected chi connectivity index (χ2v) is 7.04. The highest BCUT2D eigenvalue weighted by atomic mass is 16.6. The molecular formula is C15H28N2O3. The van der Waals surface area contributed by atoms with Gasteiger partial charge >= 0.3 is 6.09 Å². The molecule has 5 nitrogen and oxygen atoms in total. The van der Waals surface area contributed by atoms with E-state index in [4.69, 9.17) is 4.74 Å². The van der Waals surface area contributed by atoms with Crippen LogP contribution < -0.4 is 5.32 Å². The van der Waals surface area contributed by atoms with Crippen molar-refractivity contribution in [3.05, 3.63) is 0 Å². The van der Waals surface area contributed by atoms with Crippen molar-refractivity contribution in [3.8, 4) is 0 Å². The van der Waals surface area contributed by atoms with Crippen LogP contribution in [0.25, 0.3) is 0 Å².